The van der Waals surface area contributed by atoms with E-state index in [1.165, 1.54) is 12.1 Å². The van der Waals surface area contributed by atoms with Gasteiger partial charge in [-0.1, -0.05) is 15.9 Å². The average molecular weight is 357 g/mol. The number of hydrogen-bond donors (Lipinski definition) is 2. The van der Waals surface area contributed by atoms with Gasteiger partial charge in [0.25, 0.3) is 5.69 Å². The molecule has 0 aliphatic heterocycles. The molecule has 0 amide bonds. The highest BCUT2D eigenvalue weighted by Gasteiger charge is 2.13. The molecule has 4 rings (SSSR count). The lowest BCUT2D eigenvalue weighted by atomic mass is 10.2. The van der Waals surface area contributed by atoms with E-state index in [1.54, 1.807) is 6.07 Å². The number of rotatable bonds is 2. The summed E-state index contributed by atoms with van der Waals surface area (Å²) in [5.41, 5.74) is 3.32. The summed E-state index contributed by atoms with van der Waals surface area (Å²) in [6.45, 7) is 0. The molecule has 2 aromatic carbocycles. The van der Waals surface area contributed by atoms with E-state index in [4.69, 9.17) is 0 Å². The maximum Gasteiger partial charge on any atom is 0.271 e. The van der Waals surface area contributed by atoms with Gasteiger partial charge in [0.2, 0.25) is 0 Å². The van der Waals surface area contributed by atoms with Crippen LogP contribution >= 0.6 is 15.9 Å². The van der Waals surface area contributed by atoms with Crippen molar-refractivity contribution in [3.05, 3.63) is 57.2 Å². The van der Waals surface area contributed by atoms with Crippen LogP contribution in [0.4, 0.5) is 5.69 Å². The zero-order chi connectivity index (χ0) is 15.3. The summed E-state index contributed by atoms with van der Waals surface area (Å²) >= 11 is 3.46. The highest BCUT2D eigenvalue weighted by Crippen LogP contribution is 2.31. The molecule has 0 unspecified atom stereocenters. The van der Waals surface area contributed by atoms with Crippen LogP contribution < -0.4 is 0 Å². The van der Waals surface area contributed by atoms with Crippen molar-refractivity contribution in [3.63, 3.8) is 0 Å². The number of nitrogens with one attached hydrogen (secondary N) is 2. The van der Waals surface area contributed by atoms with Crippen molar-refractivity contribution in [2.24, 2.45) is 0 Å². The molecule has 0 saturated heterocycles. The fourth-order valence-corrected chi connectivity index (χ4v) is 2.89. The first kappa shape index (κ1) is 13.0. The molecule has 2 aromatic heterocycles. The van der Waals surface area contributed by atoms with Gasteiger partial charge >= 0.3 is 0 Å². The van der Waals surface area contributed by atoms with Gasteiger partial charge in [0.05, 0.1) is 16.0 Å². The largest absolute Gasteiger partial charge is 0.360 e. The van der Waals surface area contributed by atoms with Gasteiger partial charge in [0.1, 0.15) is 5.82 Å². The lowest BCUT2D eigenvalue weighted by Crippen LogP contribution is -1.86. The van der Waals surface area contributed by atoms with Crippen molar-refractivity contribution >= 4 is 43.6 Å². The van der Waals surface area contributed by atoms with Crippen molar-refractivity contribution < 1.29 is 4.92 Å². The second-order valence-corrected chi connectivity index (χ2v) is 5.85. The molecule has 0 aliphatic carbocycles. The predicted octanol–water partition coefficient (Wildman–Crippen LogP) is 4.38. The lowest BCUT2D eigenvalue weighted by molar-refractivity contribution is -0.384. The number of hydrogen-bond acceptors (Lipinski definition) is 3. The quantitative estimate of drug-likeness (QED) is 0.412. The Hall–Kier alpha value is -2.67. The van der Waals surface area contributed by atoms with Crippen molar-refractivity contribution in [2.75, 3.05) is 0 Å². The van der Waals surface area contributed by atoms with Crippen LogP contribution in [0.2, 0.25) is 0 Å². The van der Waals surface area contributed by atoms with E-state index in [1.807, 2.05) is 24.4 Å². The molecular weight excluding hydrogens is 348 g/mol. The standard InChI is InChI=1S/C15H9BrN4O2/c16-8-1-3-12-10(5-8)11(7-17-12)15-18-13-4-2-9(20(21)22)6-14(13)19-15/h1-7,17H,(H,18,19). The van der Waals surface area contributed by atoms with Crippen molar-refractivity contribution in [2.45, 2.75) is 0 Å². The first-order valence-corrected chi connectivity index (χ1v) is 7.32. The number of nitrogens with zero attached hydrogens (tertiary/aromatic N) is 2. The number of aromatic nitrogens is 3. The summed E-state index contributed by atoms with van der Waals surface area (Å²) in [6.07, 6.45) is 1.88. The van der Waals surface area contributed by atoms with E-state index in [0.29, 0.717) is 16.9 Å². The molecule has 4 aromatic rings. The first-order valence-electron chi connectivity index (χ1n) is 6.53. The van der Waals surface area contributed by atoms with Crippen LogP contribution in [0, 0.1) is 10.1 Å². The molecule has 0 saturated carbocycles. The molecule has 6 nitrogen and oxygen atoms in total. The van der Waals surface area contributed by atoms with Crippen LogP contribution in [0.25, 0.3) is 33.3 Å². The van der Waals surface area contributed by atoms with Crippen molar-refractivity contribution in [3.8, 4) is 11.4 Å². The maximum atomic E-state index is 10.9. The third-order valence-electron chi connectivity index (χ3n) is 3.58. The molecule has 0 radical (unpaired) electrons. The normalized spacial score (nSPS) is 11.3. The molecular formula is C15H9BrN4O2. The third kappa shape index (κ3) is 1.98. The minimum atomic E-state index is -0.414. The summed E-state index contributed by atoms with van der Waals surface area (Å²) < 4.78 is 0.979. The number of imidazole rings is 1. The Morgan fingerprint density at radius 3 is 2.82 bits per heavy atom. The topological polar surface area (TPSA) is 87.6 Å². The van der Waals surface area contributed by atoms with Gasteiger partial charge in [-0.05, 0) is 24.3 Å². The number of non-ortho nitro benzene ring substituents is 1. The van der Waals surface area contributed by atoms with Crippen molar-refractivity contribution in [1.82, 2.24) is 15.0 Å². The van der Waals surface area contributed by atoms with Crippen LogP contribution in [0.1, 0.15) is 0 Å². The molecule has 0 fully saturated rings. The zero-order valence-corrected chi connectivity index (χ0v) is 12.7. The smallest absolute Gasteiger partial charge is 0.271 e. The first-order chi connectivity index (χ1) is 10.6. The molecule has 0 spiro atoms. The van der Waals surface area contributed by atoms with Gasteiger partial charge in [-0.25, -0.2) is 4.98 Å². The minimum Gasteiger partial charge on any atom is -0.360 e. The molecule has 2 N–H and O–H groups in total. The Kier molecular flexibility index (Phi) is 2.77. The van der Waals surface area contributed by atoms with Gasteiger partial charge in [-0.3, -0.25) is 10.1 Å². The summed E-state index contributed by atoms with van der Waals surface area (Å²) in [7, 11) is 0. The number of benzene rings is 2. The average Bonchev–Trinajstić information content (AvgIpc) is 3.08. The van der Waals surface area contributed by atoms with Crippen LogP contribution in [-0.4, -0.2) is 19.9 Å². The number of nitro benzene ring substituents is 1. The van der Waals surface area contributed by atoms with E-state index in [0.717, 1.165) is 20.9 Å². The van der Waals surface area contributed by atoms with Gasteiger partial charge in [0, 0.05) is 39.3 Å². The van der Waals surface area contributed by atoms with E-state index >= 15 is 0 Å². The van der Waals surface area contributed by atoms with Gasteiger partial charge in [0.15, 0.2) is 0 Å². The number of nitro groups is 1. The number of aromatic amines is 2. The Morgan fingerprint density at radius 2 is 2.00 bits per heavy atom. The predicted molar refractivity (Wildman–Crippen MR) is 87.7 cm³/mol. The summed E-state index contributed by atoms with van der Waals surface area (Å²) in [4.78, 5) is 21.3. The second-order valence-electron chi connectivity index (χ2n) is 4.94. The molecule has 22 heavy (non-hydrogen) atoms. The lowest BCUT2D eigenvalue weighted by Gasteiger charge is -1.95. The van der Waals surface area contributed by atoms with E-state index < -0.39 is 4.92 Å². The van der Waals surface area contributed by atoms with E-state index in [2.05, 4.69) is 30.9 Å². The van der Waals surface area contributed by atoms with Gasteiger partial charge in [-0.15, -0.1) is 0 Å². The number of fused-ring (bicyclic) bond motifs is 2. The fraction of sp³-hybridized carbons (Fsp3) is 0. The molecule has 108 valence electrons. The Balaban J connectivity index is 1.92. The van der Waals surface area contributed by atoms with Gasteiger partial charge < -0.3 is 9.97 Å². The van der Waals surface area contributed by atoms with Crippen molar-refractivity contribution in [1.29, 1.82) is 0 Å². The fourth-order valence-electron chi connectivity index (χ4n) is 2.53. The van der Waals surface area contributed by atoms with Gasteiger partial charge in [-0.2, -0.15) is 0 Å². The molecule has 2 heterocycles. The highest BCUT2D eigenvalue weighted by molar-refractivity contribution is 9.10. The Bertz CT molecular complexity index is 1030. The maximum absolute atomic E-state index is 10.9. The van der Waals surface area contributed by atoms with Crippen LogP contribution in [-0.2, 0) is 0 Å². The third-order valence-corrected chi connectivity index (χ3v) is 4.07. The summed E-state index contributed by atoms with van der Waals surface area (Å²) in [6, 6.07) is 10.6. The Labute approximate surface area is 132 Å². The van der Waals surface area contributed by atoms with Crippen LogP contribution in [0.15, 0.2) is 47.1 Å². The molecule has 0 aliphatic rings. The minimum absolute atomic E-state index is 0.0457. The monoisotopic (exact) mass is 356 g/mol. The molecule has 0 atom stereocenters. The van der Waals surface area contributed by atoms with Crippen LogP contribution in [0.3, 0.4) is 0 Å². The zero-order valence-electron chi connectivity index (χ0n) is 11.1. The van der Waals surface area contributed by atoms with E-state index in [-0.39, 0.29) is 5.69 Å². The highest BCUT2D eigenvalue weighted by atomic mass is 79.9. The molecule has 7 heteroatoms. The SMILES string of the molecule is O=[N+]([O-])c1ccc2nc(-c3c[nH]c4ccc(Br)cc34)[nH]c2c1. The Morgan fingerprint density at radius 1 is 1.14 bits per heavy atom. The van der Waals surface area contributed by atoms with E-state index in [9.17, 15) is 10.1 Å². The summed E-state index contributed by atoms with van der Waals surface area (Å²) in [5.74, 6) is 0.680. The second kappa shape index (κ2) is 4.67. The molecule has 0 bridgehead atoms. The van der Waals surface area contributed by atoms with Crippen LogP contribution in [0.5, 0.6) is 0 Å². The number of halogens is 1. The number of H-pyrrole nitrogens is 2. The summed E-state index contributed by atoms with van der Waals surface area (Å²) in [5, 5.41) is 11.9.